The number of carbonyl (C=O) groups excluding carboxylic acids is 1. The lowest BCUT2D eigenvalue weighted by molar-refractivity contribution is -0.255. The van der Waals surface area contributed by atoms with Crippen LogP contribution in [-0.2, 0) is 10.0 Å². The summed E-state index contributed by atoms with van der Waals surface area (Å²) in [7, 11) is -4.18. The van der Waals surface area contributed by atoms with E-state index in [0.717, 1.165) is 17.7 Å². The molecule has 0 bridgehead atoms. The van der Waals surface area contributed by atoms with Crippen LogP contribution in [0.2, 0.25) is 10.0 Å². The Morgan fingerprint density at radius 3 is 2.19 bits per heavy atom. The molecular formula is C19H12Cl2NO4S-. The van der Waals surface area contributed by atoms with Crippen molar-refractivity contribution in [2.75, 3.05) is 4.72 Å². The van der Waals surface area contributed by atoms with Crippen molar-refractivity contribution in [3.05, 3.63) is 82.3 Å². The van der Waals surface area contributed by atoms with Crippen LogP contribution in [0.3, 0.4) is 0 Å². The molecule has 0 atom stereocenters. The van der Waals surface area contributed by atoms with Crippen LogP contribution in [0.5, 0.6) is 0 Å². The van der Waals surface area contributed by atoms with Crippen molar-refractivity contribution in [2.24, 2.45) is 0 Å². The molecule has 0 fully saturated rings. The van der Waals surface area contributed by atoms with Crippen molar-refractivity contribution < 1.29 is 18.3 Å². The minimum atomic E-state index is -4.18. The first kappa shape index (κ1) is 19.2. The summed E-state index contributed by atoms with van der Waals surface area (Å²) in [4.78, 5) is 10.7. The number of rotatable bonds is 5. The molecule has 0 aliphatic heterocycles. The molecular weight excluding hydrogens is 409 g/mol. The minimum Gasteiger partial charge on any atom is -0.545 e. The van der Waals surface area contributed by atoms with Gasteiger partial charge < -0.3 is 9.90 Å². The molecule has 138 valence electrons. The topological polar surface area (TPSA) is 86.3 Å². The summed E-state index contributed by atoms with van der Waals surface area (Å²) >= 11 is 11.8. The number of para-hydroxylation sites is 1. The number of hydrogen-bond donors (Lipinski definition) is 1. The smallest absolute Gasteiger partial charge is 0.263 e. The van der Waals surface area contributed by atoms with Gasteiger partial charge in [-0.25, -0.2) is 8.42 Å². The molecule has 0 heterocycles. The van der Waals surface area contributed by atoms with Crippen LogP contribution in [-0.4, -0.2) is 14.4 Å². The largest absolute Gasteiger partial charge is 0.545 e. The third kappa shape index (κ3) is 4.08. The predicted octanol–water partition coefficient (Wildman–Crippen LogP) is 3.82. The van der Waals surface area contributed by atoms with Gasteiger partial charge in [0.2, 0.25) is 0 Å². The number of anilines is 1. The lowest BCUT2D eigenvalue weighted by atomic mass is 10.0. The van der Waals surface area contributed by atoms with Gasteiger partial charge in [-0.05, 0) is 23.8 Å². The normalized spacial score (nSPS) is 11.2. The molecule has 0 spiro atoms. The fourth-order valence-electron chi connectivity index (χ4n) is 2.53. The fraction of sp³-hybridized carbons (Fsp3) is 0. The number of carboxylic acid groups (broad SMARTS) is 1. The van der Waals surface area contributed by atoms with Crippen LogP contribution < -0.4 is 9.83 Å². The third-order valence-corrected chi connectivity index (χ3v) is 5.93. The number of halogens is 2. The second-order valence-electron chi connectivity index (χ2n) is 5.57. The van der Waals surface area contributed by atoms with Gasteiger partial charge in [-0.2, -0.15) is 0 Å². The molecule has 0 aliphatic rings. The van der Waals surface area contributed by atoms with Crippen LogP contribution in [0.25, 0.3) is 11.1 Å². The zero-order valence-electron chi connectivity index (χ0n) is 13.6. The van der Waals surface area contributed by atoms with Crippen LogP contribution in [0, 0.1) is 0 Å². The van der Waals surface area contributed by atoms with Gasteiger partial charge in [0.05, 0.1) is 21.7 Å². The third-order valence-electron chi connectivity index (χ3n) is 3.79. The SMILES string of the molecule is O=C([O-])c1cc(S(=O)(=O)Nc2ccccc2-c2ccccc2)c(Cl)cc1Cl. The summed E-state index contributed by atoms with van der Waals surface area (Å²) in [6.45, 7) is 0. The molecule has 0 radical (unpaired) electrons. The highest BCUT2D eigenvalue weighted by Crippen LogP contribution is 2.33. The van der Waals surface area contributed by atoms with Crippen molar-refractivity contribution >= 4 is 44.9 Å². The number of aromatic carboxylic acids is 1. The number of nitrogens with one attached hydrogen (secondary N) is 1. The van der Waals surface area contributed by atoms with Crippen molar-refractivity contribution in [1.82, 2.24) is 0 Å². The highest BCUT2D eigenvalue weighted by atomic mass is 35.5. The highest BCUT2D eigenvalue weighted by Gasteiger charge is 2.22. The average molecular weight is 421 g/mol. The number of benzene rings is 3. The monoisotopic (exact) mass is 420 g/mol. The molecule has 0 saturated heterocycles. The minimum absolute atomic E-state index is 0.199. The van der Waals surface area contributed by atoms with Gasteiger partial charge in [0.1, 0.15) is 4.90 Å². The van der Waals surface area contributed by atoms with E-state index < -0.39 is 26.5 Å². The maximum absolute atomic E-state index is 12.8. The predicted molar refractivity (Wildman–Crippen MR) is 103 cm³/mol. The van der Waals surface area contributed by atoms with Crippen molar-refractivity contribution in [3.8, 4) is 11.1 Å². The zero-order valence-corrected chi connectivity index (χ0v) is 16.0. The lowest BCUT2D eigenvalue weighted by Crippen LogP contribution is -2.23. The van der Waals surface area contributed by atoms with E-state index >= 15 is 0 Å². The lowest BCUT2D eigenvalue weighted by Gasteiger charge is -2.15. The maximum atomic E-state index is 12.8. The van der Waals surface area contributed by atoms with Crippen molar-refractivity contribution in [3.63, 3.8) is 0 Å². The molecule has 0 saturated carbocycles. The van der Waals surface area contributed by atoms with E-state index in [1.807, 2.05) is 30.3 Å². The van der Waals surface area contributed by atoms with Crippen molar-refractivity contribution in [1.29, 1.82) is 0 Å². The van der Waals surface area contributed by atoms with Gasteiger partial charge in [-0.3, -0.25) is 4.72 Å². The highest BCUT2D eigenvalue weighted by molar-refractivity contribution is 7.92. The number of sulfonamides is 1. The Balaban J connectivity index is 2.07. The summed E-state index contributed by atoms with van der Waals surface area (Å²) in [5.41, 5.74) is 1.34. The first-order chi connectivity index (χ1) is 12.8. The van der Waals surface area contributed by atoms with E-state index in [1.165, 1.54) is 0 Å². The quantitative estimate of drug-likeness (QED) is 0.679. The van der Waals surface area contributed by atoms with Gasteiger partial charge in [0.25, 0.3) is 10.0 Å². The fourth-order valence-corrected chi connectivity index (χ4v) is 4.46. The molecule has 27 heavy (non-hydrogen) atoms. The van der Waals surface area contributed by atoms with Gasteiger partial charge in [-0.15, -0.1) is 0 Å². The Bertz CT molecular complexity index is 1120. The molecule has 0 aromatic heterocycles. The second kappa shape index (κ2) is 7.60. The Labute approximate surface area is 166 Å². The summed E-state index contributed by atoms with van der Waals surface area (Å²) in [6.07, 6.45) is 0. The zero-order chi connectivity index (χ0) is 19.6. The van der Waals surface area contributed by atoms with Crippen LogP contribution in [0.4, 0.5) is 5.69 Å². The summed E-state index contributed by atoms with van der Waals surface area (Å²) in [6, 6.07) is 18.0. The van der Waals surface area contributed by atoms with Crippen LogP contribution in [0.1, 0.15) is 10.4 Å². The van der Waals surface area contributed by atoms with Crippen LogP contribution >= 0.6 is 23.2 Å². The van der Waals surface area contributed by atoms with Gasteiger partial charge in [0.15, 0.2) is 0 Å². The van der Waals surface area contributed by atoms with E-state index in [-0.39, 0.29) is 10.0 Å². The van der Waals surface area contributed by atoms with Gasteiger partial charge in [0, 0.05) is 11.1 Å². The van der Waals surface area contributed by atoms with Gasteiger partial charge in [-0.1, -0.05) is 71.7 Å². The standard InChI is InChI=1S/C19H13Cl2NO4S/c20-15-11-16(21)18(10-14(15)19(23)24)27(25,26)22-17-9-5-4-8-13(17)12-6-2-1-3-7-12/h1-11,22H,(H,23,24)/p-1. The van der Waals surface area contributed by atoms with E-state index in [0.29, 0.717) is 11.3 Å². The molecule has 3 rings (SSSR count). The number of carbonyl (C=O) groups is 1. The molecule has 0 amide bonds. The van der Waals surface area contributed by atoms with Gasteiger partial charge >= 0.3 is 0 Å². The molecule has 1 N–H and O–H groups in total. The molecule has 3 aromatic rings. The van der Waals surface area contributed by atoms with E-state index in [9.17, 15) is 18.3 Å². The molecule has 8 heteroatoms. The van der Waals surface area contributed by atoms with E-state index in [1.54, 1.807) is 24.3 Å². The Morgan fingerprint density at radius 2 is 1.52 bits per heavy atom. The average Bonchev–Trinajstić information content (AvgIpc) is 2.62. The first-order valence-electron chi connectivity index (χ1n) is 7.67. The summed E-state index contributed by atoms with van der Waals surface area (Å²) in [5, 5.41) is 10.8. The van der Waals surface area contributed by atoms with Crippen molar-refractivity contribution in [2.45, 2.75) is 4.90 Å². The number of carboxylic acids is 1. The molecule has 5 nitrogen and oxygen atoms in total. The molecule has 0 unspecified atom stereocenters. The Hall–Kier alpha value is -2.54. The van der Waals surface area contributed by atoms with E-state index in [4.69, 9.17) is 23.2 Å². The molecule has 3 aromatic carbocycles. The Morgan fingerprint density at radius 1 is 0.889 bits per heavy atom. The maximum Gasteiger partial charge on any atom is 0.263 e. The Kier molecular flexibility index (Phi) is 5.41. The van der Waals surface area contributed by atoms with Crippen LogP contribution in [0.15, 0.2) is 71.6 Å². The summed E-state index contributed by atoms with van der Waals surface area (Å²) in [5.74, 6) is -1.60. The van der Waals surface area contributed by atoms with E-state index in [2.05, 4.69) is 4.72 Å². The first-order valence-corrected chi connectivity index (χ1v) is 9.91. The second-order valence-corrected chi connectivity index (χ2v) is 8.03. The summed E-state index contributed by atoms with van der Waals surface area (Å²) < 4.78 is 28.1. The molecule has 0 aliphatic carbocycles. The number of hydrogen-bond acceptors (Lipinski definition) is 4.